The van der Waals surface area contributed by atoms with Gasteiger partial charge in [-0.2, -0.15) is 0 Å². The van der Waals surface area contributed by atoms with Gasteiger partial charge in [0.15, 0.2) is 5.15 Å². The largest absolute Gasteiger partial charge is 0.393 e. The first kappa shape index (κ1) is 11.8. The fraction of sp³-hybridized carbons (Fsp3) is 0.357. The summed E-state index contributed by atoms with van der Waals surface area (Å²) in [7, 11) is 0. The van der Waals surface area contributed by atoms with Crippen molar-refractivity contribution >= 4 is 11.6 Å². The normalized spacial score (nSPS) is 18.7. The summed E-state index contributed by atoms with van der Waals surface area (Å²) in [5.74, 6) is 0.905. The average Bonchev–Trinajstić information content (AvgIpc) is 2.68. The Hall–Kier alpha value is -1.32. The Morgan fingerprint density at radius 2 is 2.06 bits per heavy atom. The molecule has 1 unspecified atom stereocenters. The molecule has 0 aliphatic carbocycles. The molecule has 1 aliphatic rings. The van der Waals surface area contributed by atoms with E-state index in [0.717, 1.165) is 30.0 Å². The summed E-state index contributed by atoms with van der Waals surface area (Å²) in [6.07, 6.45) is 1.06. The number of hydrogen-bond donors (Lipinski definition) is 1. The Kier molecular flexibility index (Phi) is 2.88. The molecule has 4 heteroatoms. The molecule has 94 valence electrons. The highest BCUT2D eigenvalue weighted by Gasteiger charge is 2.23. The summed E-state index contributed by atoms with van der Waals surface area (Å²) in [6, 6.07) is 8.27. The smallest absolute Gasteiger partial charge is 0.151 e. The second-order valence-electron chi connectivity index (χ2n) is 4.84. The first-order chi connectivity index (χ1) is 8.65. The van der Waals surface area contributed by atoms with Crippen molar-refractivity contribution in [3.05, 3.63) is 40.7 Å². The van der Waals surface area contributed by atoms with Gasteiger partial charge in [0.25, 0.3) is 0 Å². The lowest BCUT2D eigenvalue weighted by molar-refractivity contribution is 0.144. The molecule has 0 saturated heterocycles. The average molecular weight is 263 g/mol. The maximum absolute atomic E-state index is 9.70. The molecule has 0 saturated carbocycles. The van der Waals surface area contributed by atoms with Gasteiger partial charge in [-0.25, -0.2) is 4.98 Å². The van der Waals surface area contributed by atoms with Crippen LogP contribution in [0.2, 0.25) is 5.15 Å². The second-order valence-corrected chi connectivity index (χ2v) is 5.20. The van der Waals surface area contributed by atoms with Crippen LogP contribution in [0.15, 0.2) is 24.3 Å². The Morgan fingerprint density at radius 1 is 1.33 bits per heavy atom. The number of imidazole rings is 1. The molecule has 0 radical (unpaired) electrons. The molecule has 18 heavy (non-hydrogen) atoms. The van der Waals surface area contributed by atoms with Crippen LogP contribution < -0.4 is 0 Å². The Morgan fingerprint density at radius 3 is 2.78 bits per heavy atom. The van der Waals surface area contributed by atoms with Crippen LogP contribution >= 0.6 is 11.6 Å². The van der Waals surface area contributed by atoms with E-state index in [0.29, 0.717) is 11.6 Å². The van der Waals surface area contributed by atoms with Crippen molar-refractivity contribution in [3.8, 4) is 11.4 Å². The molecule has 0 spiro atoms. The fourth-order valence-electron chi connectivity index (χ4n) is 2.42. The minimum Gasteiger partial charge on any atom is -0.393 e. The molecule has 1 aromatic carbocycles. The molecule has 0 amide bonds. The van der Waals surface area contributed by atoms with Crippen molar-refractivity contribution in [2.45, 2.75) is 32.4 Å². The maximum Gasteiger partial charge on any atom is 0.151 e. The predicted molar refractivity (Wildman–Crippen MR) is 71.7 cm³/mol. The molecule has 0 bridgehead atoms. The van der Waals surface area contributed by atoms with Crippen LogP contribution in [-0.2, 0) is 13.0 Å². The van der Waals surface area contributed by atoms with Crippen LogP contribution in [0.1, 0.15) is 17.7 Å². The number of aryl methyl sites for hydroxylation is 1. The van der Waals surface area contributed by atoms with Crippen LogP contribution in [0.25, 0.3) is 11.4 Å². The molecule has 2 heterocycles. The van der Waals surface area contributed by atoms with E-state index < -0.39 is 0 Å². The van der Waals surface area contributed by atoms with Gasteiger partial charge in [-0.05, 0) is 13.3 Å². The van der Waals surface area contributed by atoms with E-state index in [-0.39, 0.29) is 6.10 Å². The molecule has 1 aromatic heterocycles. The highest BCUT2D eigenvalue weighted by Crippen LogP contribution is 2.30. The summed E-state index contributed by atoms with van der Waals surface area (Å²) in [5, 5.41) is 10.2. The van der Waals surface area contributed by atoms with Gasteiger partial charge < -0.3 is 9.67 Å². The summed E-state index contributed by atoms with van der Waals surface area (Å²) >= 11 is 6.17. The third kappa shape index (κ3) is 1.93. The molecule has 3 rings (SSSR count). The Labute approximate surface area is 111 Å². The lowest BCUT2D eigenvalue weighted by Gasteiger charge is -2.21. The zero-order valence-corrected chi connectivity index (χ0v) is 11.0. The molecular formula is C14H15ClN2O. The van der Waals surface area contributed by atoms with Crippen molar-refractivity contribution in [3.63, 3.8) is 0 Å². The van der Waals surface area contributed by atoms with Gasteiger partial charge in [-0.15, -0.1) is 0 Å². The van der Waals surface area contributed by atoms with E-state index in [4.69, 9.17) is 11.6 Å². The van der Waals surface area contributed by atoms with E-state index in [1.165, 1.54) is 5.56 Å². The zero-order chi connectivity index (χ0) is 12.7. The fourth-order valence-corrected chi connectivity index (χ4v) is 2.68. The highest BCUT2D eigenvalue weighted by molar-refractivity contribution is 6.30. The Bertz CT molecular complexity index is 574. The number of aliphatic hydroxyl groups excluding tert-OH is 1. The number of benzene rings is 1. The van der Waals surface area contributed by atoms with Gasteiger partial charge in [-0.1, -0.05) is 41.4 Å². The lowest BCUT2D eigenvalue weighted by atomic mass is 10.1. The number of aliphatic hydroxyl groups is 1. The quantitative estimate of drug-likeness (QED) is 0.858. The summed E-state index contributed by atoms with van der Waals surface area (Å²) in [6.45, 7) is 2.84. The monoisotopic (exact) mass is 262 g/mol. The first-order valence-electron chi connectivity index (χ1n) is 6.15. The molecular weight excluding hydrogens is 248 g/mol. The number of halogens is 1. The second kappa shape index (κ2) is 4.41. The molecule has 2 aromatic rings. The molecule has 1 atom stereocenters. The van der Waals surface area contributed by atoms with Crippen molar-refractivity contribution in [1.29, 1.82) is 0 Å². The van der Waals surface area contributed by atoms with E-state index >= 15 is 0 Å². The number of nitrogens with zero attached hydrogens (tertiary/aromatic N) is 2. The number of aromatic nitrogens is 2. The first-order valence-corrected chi connectivity index (χ1v) is 6.53. The van der Waals surface area contributed by atoms with Gasteiger partial charge in [0, 0.05) is 18.5 Å². The third-order valence-electron chi connectivity index (χ3n) is 3.45. The minimum absolute atomic E-state index is 0.294. The Balaban J connectivity index is 2.08. The van der Waals surface area contributed by atoms with Crippen LogP contribution in [-0.4, -0.2) is 20.8 Å². The van der Waals surface area contributed by atoms with E-state index in [1.807, 2.05) is 0 Å². The van der Waals surface area contributed by atoms with Crippen molar-refractivity contribution < 1.29 is 5.11 Å². The SMILES string of the molecule is Cc1ccc(-c2nc(Cl)c3n2CCC(O)C3)cc1. The summed E-state index contributed by atoms with van der Waals surface area (Å²) < 4.78 is 2.12. The standard InChI is InChI=1S/C14H15ClN2O/c1-9-2-4-10(5-3-9)14-16-13(15)12-8-11(18)6-7-17(12)14/h2-5,11,18H,6-8H2,1H3. The van der Waals surface area contributed by atoms with E-state index in [1.54, 1.807) is 0 Å². The van der Waals surface area contributed by atoms with Crippen molar-refractivity contribution in [2.24, 2.45) is 0 Å². The van der Waals surface area contributed by atoms with Crippen LogP contribution in [0.5, 0.6) is 0 Å². The van der Waals surface area contributed by atoms with Gasteiger partial charge in [0.2, 0.25) is 0 Å². The maximum atomic E-state index is 9.70. The predicted octanol–water partition coefficient (Wildman–Crippen LogP) is 2.82. The van der Waals surface area contributed by atoms with Gasteiger partial charge in [-0.3, -0.25) is 0 Å². The van der Waals surface area contributed by atoms with E-state index in [2.05, 4.69) is 40.7 Å². The van der Waals surface area contributed by atoms with Gasteiger partial charge in [0.1, 0.15) is 5.82 Å². The highest BCUT2D eigenvalue weighted by atomic mass is 35.5. The number of fused-ring (bicyclic) bond motifs is 1. The van der Waals surface area contributed by atoms with Crippen LogP contribution in [0.3, 0.4) is 0 Å². The minimum atomic E-state index is -0.294. The molecule has 3 nitrogen and oxygen atoms in total. The zero-order valence-electron chi connectivity index (χ0n) is 10.2. The third-order valence-corrected chi connectivity index (χ3v) is 3.75. The van der Waals surface area contributed by atoms with Gasteiger partial charge in [0.05, 0.1) is 11.8 Å². The topological polar surface area (TPSA) is 38.0 Å². The van der Waals surface area contributed by atoms with Crippen LogP contribution in [0.4, 0.5) is 0 Å². The van der Waals surface area contributed by atoms with Crippen molar-refractivity contribution in [2.75, 3.05) is 0 Å². The summed E-state index contributed by atoms with van der Waals surface area (Å²) in [5.41, 5.74) is 3.25. The number of rotatable bonds is 1. The van der Waals surface area contributed by atoms with Crippen molar-refractivity contribution in [1.82, 2.24) is 9.55 Å². The number of hydrogen-bond acceptors (Lipinski definition) is 2. The molecule has 0 fully saturated rings. The molecule has 1 N–H and O–H groups in total. The van der Waals surface area contributed by atoms with Gasteiger partial charge >= 0.3 is 0 Å². The van der Waals surface area contributed by atoms with Crippen LogP contribution in [0, 0.1) is 6.92 Å². The molecule has 1 aliphatic heterocycles. The summed E-state index contributed by atoms with van der Waals surface area (Å²) in [4.78, 5) is 4.44. The lowest BCUT2D eigenvalue weighted by Crippen LogP contribution is -2.23. The van der Waals surface area contributed by atoms with E-state index in [9.17, 15) is 5.11 Å².